The third kappa shape index (κ3) is 2.50. The van der Waals surface area contributed by atoms with Crippen LogP contribution in [0.25, 0.3) is 10.9 Å². The van der Waals surface area contributed by atoms with Crippen LogP contribution in [0.2, 0.25) is 0 Å². The molecular weight excluding hydrogens is 238 g/mol. The molecule has 0 saturated carbocycles. The summed E-state index contributed by atoms with van der Waals surface area (Å²) in [6, 6.07) is 6.02. The first-order valence-corrected chi connectivity index (χ1v) is 6.93. The largest absolute Gasteiger partial charge is 0.494 e. The highest BCUT2D eigenvalue weighted by Crippen LogP contribution is 2.28. The van der Waals surface area contributed by atoms with E-state index in [9.17, 15) is 4.79 Å². The molecule has 2 rings (SSSR count). The Morgan fingerprint density at radius 2 is 2.05 bits per heavy atom. The van der Waals surface area contributed by atoms with Crippen LogP contribution in [0.4, 0.5) is 0 Å². The summed E-state index contributed by atoms with van der Waals surface area (Å²) in [5.74, 6) is 0.839. The summed E-state index contributed by atoms with van der Waals surface area (Å²) in [7, 11) is 0. The number of carbonyl (C=O) groups excluding carboxylic acids is 1. The van der Waals surface area contributed by atoms with Crippen LogP contribution in [0.1, 0.15) is 42.7 Å². The molecule has 0 aliphatic heterocycles. The highest BCUT2D eigenvalue weighted by molar-refractivity contribution is 6.00. The Morgan fingerprint density at radius 3 is 2.68 bits per heavy atom. The molecule has 0 aliphatic carbocycles. The minimum atomic E-state index is 0.705. The van der Waals surface area contributed by atoms with Crippen molar-refractivity contribution < 1.29 is 9.53 Å². The summed E-state index contributed by atoms with van der Waals surface area (Å²) in [5, 5.41) is 0.995. The molecule has 102 valence electrons. The van der Waals surface area contributed by atoms with Gasteiger partial charge in [-0.1, -0.05) is 13.8 Å². The number of hydrogen-bond acceptors (Lipinski definition) is 2. The highest BCUT2D eigenvalue weighted by Gasteiger charge is 2.13. The molecule has 0 bridgehead atoms. The lowest BCUT2D eigenvalue weighted by Gasteiger charge is -2.07. The molecule has 0 spiro atoms. The molecule has 0 fully saturated rings. The van der Waals surface area contributed by atoms with Crippen LogP contribution >= 0.6 is 0 Å². The molecule has 0 unspecified atom stereocenters. The number of aryl methyl sites for hydroxylation is 1. The fraction of sp³-hybridized carbons (Fsp3) is 0.438. The molecule has 19 heavy (non-hydrogen) atoms. The van der Waals surface area contributed by atoms with Gasteiger partial charge in [0.1, 0.15) is 5.75 Å². The van der Waals surface area contributed by atoms with E-state index in [0.29, 0.717) is 6.61 Å². The normalized spacial score (nSPS) is 10.9. The zero-order valence-corrected chi connectivity index (χ0v) is 11.9. The Labute approximate surface area is 114 Å². The van der Waals surface area contributed by atoms with Gasteiger partial charge in [0.05, 0.1) is 6.61 Å². The van der Waals surface area contributed by atoms with E-state index < -0.39 is 0 Å². The smallest absolute Gasteiger partial charge is 0.152 e. The van der Waals surface area contributed by atoms with Crippen molar-refractivity contribution in [2.75, 3.05) is 6.61 Å². The van der Waals surface area contributed by atoms with E-state index in [1.807, 2.05) is 19.1 Å². The Bertz CT molecular complexity index is 584. The molecule has 0 N–H and O–H groups in total. The Kier molecular flexibility index (Phi) is 4.25. The first-order chi connectivity index (χ1) is 9.22. The highest BCUT2D eigenvalue weighted by atomic mass is 16.5. The number of aromatic nitrogens is 1. The van der Waals surface area contributed by atoms with Crippen molar-refractivity contribution >= 4 is 17.2 Å². The quantitative estimate of drug-likeness (QED) is 0.735. The van der Waals surface area contributed by atoms with Gasteiger partial charge in [-0.15, -0.1) is 0 Å². The van der Waals surface area contributed by atoms with Crippen molar-refractivity contribution in [2.24, 2.45) is 0 Å². The van der Waals surface area contributed by atoms with Gasteiger partial charge in [0.25, 0.3) is 0 Å². The molecule has 2 aromatic rings. The summed E-state index contributed by atoms with van der Waals surface area (Å²) in [4.78, 5) is 11.3. The minimum absolute atomic E-state index is 0.705. The number of fused-ring (bicyclic) bond motifs is 1. The summed E-state index contributed by atoms with van der Waals surface area (Å²) >= 11 is 0. The average Bonchev–Trinajstić information content (AvgIpc) is 2.69. The van der Waals surface area contributed by atoms with E-state index in [1.165, 1.54) is 0 Å². The third-order valence-electron chi connectivity index (χ3n) is 3.38. The predicted octanol–water partition coefficient (Wildman–Crippen LogP) is 3.96. The molecule has 0 aliphatic rings. The lowest BCUT2D eigenvalue weighted by Crippen LogP contribution is -1.99. The van der Waals surface area contributed by atoms with Gasteiger partial charge in [-0.25, -0.2) is 0 Å². The molecule has 3 heteroatoms. The number of benzene rings is 1. The lowest BCUT2D eigenvalue weighted by molar-refractivity contribution is 0.112. The van der Waals surface area contributed by atoms with Gasteiger partial charge in [0, 0.05) is 28.7 Å². The molecule has 0 amide bonds. The number of rotatable bonds is 6. The van der Waals surface area contributed by atoms with Crippen LogP contribution in [0.3, 0.4) is 0 Å². The molecule has 0 saturated heterocycles. The molecule has 1 aromatic heterocycles. The number of carbonyl (C=O) groups is 1. The first kappa shape index (κ1) is 13.7. The van der Waals surface area contributed by atoms with Crippen LogP contribution < -0.4 is 4.74 Å². The van der Waals surface area contributed by atoms with Gasteiger partial charge >= 0.3 is 0 Å². The predicted molar refractivity (Wildman–Crippen MR) is 78.1 cm³/mol. The molecule has 0 radical (unpaired) electrons. The van der Waals surface area contributed by atoms with Gasteiger partial charge in [-0.05, 0) is 38.0 Å². The number of hydrogen-bond donors (Lipinski definition) is 0. The standard InChI is InChI=1S/C16H21NO2/c1-4-8-17-12(3)15(11-18)14-10-13(19-9-5-2)6-7-16(14)17/h6-7,10-11H,4-5,8-9H2,1-3H3. The minimum Gasteiger partial charge on any atom is -0.494 e. The van der Waals surface area contributed by atoms with Crippen molar-refractivity contribution in [3.63, 3.8) is 0 Å². The molecule has 3 nitrogen and oxygen atoms in total. The van der Waals surface area contributed by atoms with Crippen molar-refractivity contribution in [3.8, 4) is 5.75 Å². The summed E-state index contributed by atoms with van der Waals surface area (Å²) < 4.78 is 7.86. The van der Waals surface area contributed by atoms with E-state index >= 15 is 0 Å². The van der Waals surface area contributed by atoms with Crippen molar-refractivity contribution in [1.82, 2.24) is 4.57 Å². The third-order valence-corrected chi connectivity index (χ3v) is 3.38. The van der Waals surface area contributed by atoms with E-state index in [0.717, 1.165) is 53.6 Å². The SMILES string of the molecule is CCCOc1ccc2c(c1)c(C=O)c(C)n2CCC. The summed E-state index contributed by atoms with van der Waals surface area (Å²) in [5.41, 5.74) is 2.94. The second-order valence-electron chi connectivity index (χ2n) is 4.80. The molecule has 1 aromatic carbocycles. The van der Waals surface area contributed by atoms with Crippen LogP contribution in [0, 0.1) is 6.92 Å². The Morgan fingerprint density at radius 1 is 1.26 bits per heavy atom. The van der Waals surface area contributed by atoms with Crippen LogP contribution in [0.5, 0.6) is 5.75 Å². The van der Waals surface area contributed by atoms with E-state index in [1.54, 1.807) is 0 Å². The van der Waals surface area contributed by atoms with Crippen molar-refractivity contribution in [1.29, 1.82) is 0 Å². The van der Waals surface area contributed by atoms with E-state index in [2.05, 4.69) is 24.5 Å². The van der Waals surface area contributed by atoms with Gasteiger partial charge in [-0.3, -0.25) is 4.79 Å². The summed E-state index contributed by atoms with van der Waals surface area (Å²) in [6.45, 7) is 7.87. The maximum atomic E-state index is 11.3. The number of ether oxygens (including phenoxy) is 1. The van der Waals surface area contributed by atoms with E-state index in [4.69, 9.17) is 4.74 Å². The first-order valence-electron chi connectivity index (χ1n) is 6.93. The molecular formula is C16H21NO2. The van der Waals surface area contributed by atoms with Crippen LogP contribution in [0.15, 0.2) is 18.2 Å². The maximum absolute atomic E-state index is 11.3. The zero-order valence-electron chi connectivity index (χ0n) is 11.9. The summed E-state index contributed by atoms with van der Waals surface area (Å²) in [6.07, 6.45) is 2.98. The topological polar surface area (TPSA) is 31.2 Å². The second kappa shape index (κ2) is 5.91. The van der Waals surface area contributed by atoms with Gasteiger partial charge < -0.3 is 9.30 Å². The van der Waals surface area contributed by atoms with Crippen LogP contribution in [-0.4, -0.2) is 17.5 Å². The van der Waals surface area contributed by atoms with E-state index in [-0.39, 0.29) is 0 Å². The lowest BCUT2D eigenvalue weighted by atomic mass is 10.1. The van der Waals surface area contributed by atoms with Gasteiger partial charge in [0.2, 0.25) is 0 Å². The Balaban J connectivity index is 2.54. The number of nitrogens with zero attached hydrogens (tertiary/aromatic N) is 1. The van der Waals surface area contributed by atoms with Crippen molar-refractivity contribution in [2.45, 2.75) is 40.2 Å². The second-order valence-corrected chi connectivity index (χ2v) is 4.80. The fourth-order valence-corrected chi connectivity index (χ4v) is 2.46. The average molecular weight is 259 g/mol. The van der Waals surface area contributed by atoms with Crippen molar-refractivity contribution in [3.05, 3.63) is 29.5 Å². The fourth-order valence-electron chi connectivity index (χ4n) is 2.46. The number of aldehydes is 1. The molecule has 0 atom stereocenters. The van der Waals surface area contributed by atoms with Gasteiger partial charge in [0.15, 0.2) is 6.29 Å². The van der Waals surface area contributed by atoms with Crippen LogP contribution in [-0.2, 0) is 6.54 Å². The zero-order chi connectivity index (χ0) is 13.8. The maximum Gasteiger partial charge on any atom is 0.152 e. The molecule has 1 heterocycles. The monoisotopic (exact) mass is 259 g/mol. The Hall–Kier alpha value is -1.77. The van der Waals surface area contributed by atoms with Gasteiger partial charge in [-0.2, -0.15) is 0 Å².